The Morgan fingerprint density at radius 2 is 2.21 bits per heavy atom. The average Bonchev–Trinajstić information content (AvgIpc) is 2.38. The van der Waals surface area contributed by atoms with E-state index >= 15 is 0 Å². The standard InChI is InChI=1S/C15H22ClFN2/c1-4-12-8-18-14(10(2)3)9-19(12)15-6-5-11(16)7-13(15)17/h5-7,10,12,14,18H,4,8-9H2,1-3H3. The second-order valence-electron chi connectivity index (χ2n) is 5.57. The van der Waals surface area contributed by atoms with Crippen molar-refractivity contribution < 1.29 is 4.39 Å². The largest absolute Gasteiger partial charge is 0.363 e. The normalized spacial score (nSPS) is 24.0. The minimum Gasteiger partial charge on any atom is -0.363 e. The Bertz CT molecular complexity index is 436. The Kier molecular flexibility index (Phi) is 4.69. The first-order chi connectivity index (χ1) is 9.02. The number of nitrogens with one attached hydrogen (secondary N) is 1. The molecule has 106 valence electrons. The van der Waals surface area contributed by atoms with Gasteiger partial charge in [0, 0.05) is 30.2 Å². The van der Waals surface area contributed by atoms with E-state index in [1.165, 1.54) is 6.07 Å². The summed E-state index contributed by atoms with van der Waals surface area (Å²) in [6.07, 6.45) is 1.000. The molecule has 2 unspecified atom stereocenters. The van der Waals surface area contributed by atoms with Gasteiger partial charge in [0.25, 0.3) is 0 Å². The van der Waals surface area contributed by atoms with Gasteiger partial charge >= 0.3 is 0 Å². The van der Waals surface area contributed by atoms with Gasteiger partial charge in [-0.25, -0.2) is 4.39 Å². The Hall–Kier alpha value is -0.800. The molecule has 1 aromatic rings. The number of halogens is 2. The van der Waals surface area contributed by atoms with Crippen LogP contribution in [0, 0.1) is 11.7 Å². The van der Waals surface area contributed by atoms with Gasteiger partial charge in [0.2, 0.25) is 0 Å². The maximum absolute atomic E-state index is 14.1. The molecule has 1 heterocycles. The van der Waals surface area contributed by atoms with Crippen LogP contribution in [0.5, 0.6) is 0 Å². The van der Waals surface area contributed by atoms with Crippen LogP contribution in [0.15, 0.2) is 18.2 Å². The van der Waals surface area contributed by atoms with Gasteiger partial charge in [0.15, 0.2) is 0 Å². The van der Waals surface area contributed by atoms with Gasteiger partial charge in [-0.05, 0) is 30.5 Å². The minimum atomic E-state index is -0.227. The molecule has 1 fully saturated rings. The van der Waals surface area contributed by atoms with E-state index in [9.17, 15) is 4.39 Å². The van der Waals surface area contributed by atoms with E-state index in [1.54, 1.807) is 12.1 Å². The van der Waals surface area contributed by atoms with Crippen LogP contribution < -0.4 is 10.2 Å². The molecule has 0 amide bonds. The molecule has 2 atom stereocenters. The van der Waals surface area contributed by atoms with Crippen molar-refractivity contribution in [3.8, 4) is 0 Å². The molecule has 1 aliphatic rings. The SMILES string of the molecule is CCC1CNC(C(C)C)CN1c1ccc(Cl)cc1F. The third kappa shape index (κ3) is 3.21. The molecular weight excluding hydrogens is 263 g/mol. The van der Waals surface area contributed by atoms with Crippen molar-refractivity contribution in [1.82, 2.24) is 5.32 Å². The zero-order chi connectivity index (χ0) is 14.0. The third-order valence-corrected chi connectivity index (χ3v) is 4.18. The highest BCUT2D eigenvalue weighted by Crippen LogP contribution is 2.28. The number of hydrogen-bond acceptors (Lipinski definition) is 2. The van der Waals surface area contributed by atoms with Crippen molar-refractivity contribution in [1.29, 1.82) is 0 Å². The summed E-state index contributed by atoms with van der Waals surface area (Å²) < 4.78 is 14.1. The summed E-state index contributed by atoms with van der Waals surface area (Å²) in [5, 5.41) is 4.01. The maximum atomic E-state index is 14.1. The molecular formula is C15H22ClFN2. The molecule has 0 aromatic heterocycles. The highest BCUT2D eigenvalue weighted by molar-refractivity contribution is 6.30. The molecule has 4 heteroatoms. The molecule has 0 saturated carbocycles. The van der Waals surface area contributed by atoms with Crippen LogP contribution in [-0.2, 0) is 0 Å². The summed E-state index contributed by atoms with van der Waals surface area (Å²) in [4.78, 5) is 2.19. The van der Waals surface area contributed by atoms with Gasteiger partial charge in [0.1, 0.15) is 5.82 Å². The number of piperazine rings is 1. The summed E-state index contributed by atoms with van der Waals surface area (Å²) in [7, 11) is 0. The van der Waals surface area contributed by atoms with Crippen LogP contribution in [0.4, 0.5) is 10.1 Å². The lowest BCUT2D eigenvalue weighted by atomic mass is 9.97. The lowest BCUT2D eigenvalue weighted by Gasteiger charge is -2.43. The first-order valence-corrected chi connectivity index (χ1v) is 7.35. The van der Waals surface area contributed by atoms with E-state index in [-0.39, 0.29) is 5.82 Å². The van der Waals surface area contributed by atoms with Crippen molar-refractivity contribution in [2.45, 2.75) is 39.3 Å². The maximum Gasteiger partial charge on any atom is 0.147 e. The lowest BCUT2D eigenvalue weighted by molar-refractivity contribution is 0.323. The highest BCUT2D eigenvalue weighted by Gasteiger charge is 2.29. The quantitative estimate of drug-likeness (QED) is 0.911. The Balaban J connectivity index is 2.27. The molecule has 0 bridgehead atoms. The van der Waals surface area contributed by atoms with Crippen LogP contribution in [0.2, 0.25) is 5.02 Å². The summed E-state index contributed by atoms with van der Waals surface area (Å²) in [6.45, 7) is 8.28. The van der Waals surface area contributed by atoms with Gasteiger partial charge in [-0.15, -0.1) is 0 Å². The molecule has 0 spiro atoms. The van der Waals surface area contributed by atoms with Gasteiger partial charge < -0.3 is 10.2 Å². The van der Waals surface area contributed by atoms with E-state index < -0.39 is 0 Å². The summed E-state index contributed by atoms with van der Waals surface area (Å²) >= 11 is 5.83. The third-order valence-electron chi connectivity index (χ3n) is 3.94. The van der Waals surface area contributed by atoms with Gasteiger partial charge in [-0.1, -0.05) is 32.4 Å². The van der Waals surface area contributed by atoms with Crippen molar-refractivity contribution in [3.05, 3.63) is 29.0 Å². The molecule has 1 aliphatic heterocycles. The van der Waals surface area contributed by atoms with Gasteiger partial charge in [-0.2, -0.15) is 0 Å². The molecule has 19 heavy (non-hydrogen) atoms. The van der Waals surface area contributed by atoms with E-state index in [4.69, 9.17) is 11.6 Å². The van der Waals surface area contributed by atoms with Crippen LogP contribution in [-0.4, -0.2) is 25.2 Å². The zero-order valence-corrected chi connectivity index (χ0v) is 12.5. The number of benzene rings is 1. The lowest BCUT2D eigenvalue weighted by Crippen LogP contribution is -2.58. The van der Waals surface area contributed by atoms with Gasteiger partial charge in [0.05, 0.1) is 5.69 Å². The molecule has 1 N–H and O–H groups in total. The van der Waals surface area contributed by atoms with E-state index in [1.807, 2.05) is 0 Å². The summed E-state index contributed by atoms with van der Waals surface area (Å²) in [5.41, 5.74) is 0.670. The van der Waals surface area contributed by atoms with Gasteiger partial charge in [-0.3, -0.25) is 0 Å². The van der Waals surface area contributed by atoms with E-state index in [0.29, 0.717) is 28.7 Å². The smallest absolute Gasteiger partial charge is 0.147 e. The average molecular weight is 285 g/mol. The zero-order valence-electron chi connectivity index (χ0n) is 11.8. The number of hydrogen-bond donors (Lipinski definition) is 1. The van der Waals surface area contributed by atoms with E-state index in [2.05, 4.69) is 31.0 Å². The highest BCUT2D eigenvalue weighted by atomic mass is 35.5. The Morgan fingerprint density at radius 3 is 2.79 bits per heavy atom. The number of nitrogens with zero attached hydrogens (tertiary/aromatic N) is 1. The van der Waals surface area contributed by atoms with Crippen LogP contribution >= 0.6 is 11.6 Å². The topological polar surface area (TPSA) is 15.3 Å². The molecule has 2 rings (SSSR count). The van der Waals surface area contributed by atoms with Crippen molar-refractivity contribution >= 4 is 17.3 Å². The Morgan fingerprint density at radius 1 is 1.47 bits per heavy atom. The first-order valence-electron chi connectivity index (χ1n) is 6.98. The summed E-state index contributed by atoms with van der Waals surface area (Å²) in [5.74, 6) is 0.311. The van der Waals surface area contributed by atoms with Crippen molar-refractivity contribution in [2.75, 3.05) is 18.0 Å². The number of anilines is 1. The van der Waals surface area contributed by atoms with Crippen LogP contribution in [0.1, 0.15) is 27.2 Å². The molecule has 1 saturated heterocycles. The fourth-order valence-electron chi connectivity index (χ4n) is 2.64. The number of rotatable bonds is 3. The predicted octanol–water partition coefficient (Wildman–Crippen LogP) is 3.69. The van der Waals surface area contributed by atoms with E-state index in [0.717, 1.165) is 19.5 Å². The van der Waals surface area contributed by atoms with Crippen molar-refractivity contribution in [2.24, 2.45) is 5.92 Å². The van der Waals surface area contributed by atoms with Crippen LogP contribution in [0.3, 0.4) is 0 Å². The second-order valence-corrected chi connectivity index (χ2v) is 6.01. The van der Waals surface area contributed by atoms with Crippen molar-refractivity contribution in [3.63, 3.8) is 0 Å². The fourth-order valence-corrected chi connectivity index (χ4v) is 2.80. The second kappa shape index (κ2) is 6.10. The summed E-state index contributed by atoms with van der Waals surface area (Å²) in [6, 6.07) is 5.70. The predicted molar refractivity (Wildman–Crippen MR) is 79.5 cm³/mol. The minimum absolute atomic E-state index is 0.227. The molecule has 0 aliphatic carbocycles. The fraction of sp³-hybridized carbons (Fsp3) is 0.600. The monoisotopic (exact) mass is 284 g/mol. The Labute approximate surface area is 119 Å². The van der Waals surface area contributed by atoms with Crippen LogP contribution in [0.25, 0.3) is 0 Å². The first kappa shape index (κ1) is 14.6. The molecule has 2 nitrogen and oxygen atoms in total. The molecule has 0 radical (unpaired) electrons. The molecule has 1 aromatic carbocycles.